The molecule has 110 valence electrons. The van der Waals surface area contributed by atoms with Crippen molar-refractivity contribution in [3.8, 4) is 0 Å². The molecule has 0 unspecified atom stereocenters. The summed E-state index contributed by atoms with van der Waals surface area (Å²) in [5, 5.41) is 0. The van der Waals surface area contributed by atoms with Crippen molar-refractivity contribution >= 4 is 18.4 Å². The van der Waals surface area contributed by atoms with E-state index in [9.17, 15) is 0 Å². The fraction of sp³-hybridized carbons (Fsp3) is 0.100. The Hall–Kier alpha value is -2.74. The predicted octanol–water partition coefficient (Wildman–Crippen LogP) is 4.96. The summed E-state index contributed by atoms with van der Waals surface area (Å²) in [6.45, 7) is 6.41. The quantitative estimate of drug-likeness (QED) is 0.545. The van der Waals surface area contributed by atoms with Gasteiger partial charge in [0.2, 0.25) is 0 Å². The molecule has 0 amide bonds. The lowest BCUT2D eigenvalue weighted by atomic mass is 10.1. The number of benzene rings is 1. The molecular formula is C20H20N2. The first-order valence-electron chi connectivity index (χ1n) is 7.25. The van der Waals surface area contributed by atoms with Crippen LogP contribution in [0.15, 0.2) is 78.0 Å². The van der Waals surface area contributed by atoms with Crippen LogP contribution in [0.3, 0.4) is 0 Å². The summed E-state index contributed by atoms with van der Waals surface area (Å²) in [5.41, 5.74) is 4.22. The molecule has 0 aliphatic heterocycles. The van der Waals surface area contributed by atoms with Crippen LogP contribution in [-0.2, 0) is 6.54 Å². The standard InChI is InChI=1S/C20H20N2/c1-17(2)12-13-19-11-7-15-22-20(19)16-21-14-6-10-18-8-4-3-5-9-18/h3-15H,1,16H2,2H3/b10-6+,13-12-,21-14?. The first-order chi connectivity index (χ1) is 10.8. The zero-order valence-electron chi connectivity index (χ0n) is 12.8. The van der Waals surface area contributed by atoms with Gasteiger partial charge < -0.3 is 0 Å². The molecule has 0 N–H and O–H groups in total. The Labute approximate surface area is 132 Å². The lowest BCUT2D eigenvalue weighted by Gasteiger charge is -2.01. The Bertz CT molecular complexity index is 695. The van der Waals surface area contributed by atoms with Crippen LogP contribution in [-0.4, -0.2) is 11.2 Å². The Balaban J connectivity index is 1.98. The number of allylic oxidation sites excluding steroid dienone is 3. The first-order valence-corrected chi connectivity index (χ1v) is 7.25. The molecule has 0 fully saturated rings. The van der Waals surface area contributed by atoms with Crippen LogP contribution in [0.1, 0.15) is 23.7 Å². The van der Waals surface area contributed by atoms with E-state index < -0.39 is 0 Å². The van der Waals surface area contributed by atoms with Gasteiger partial charge in [-0.05, 0) is 30.2 Å². The van der Waals surface area contributed by atoms with Gasteiger partial charge in [0, 0.05) is 12.4 Å². The number of nitrogens with zero attached hydrogens (tertiary/aromatic N) is 2. The van der Waals surface area contributed by atoms with Gasteiger partial charge in [-0.1, -0.05) is 66.8 Å². The molecule has 1 aromatic heterocycles. The van der Waals surface area contributed by atoms with Crippen molar-refractivity contribution in [2.24, 2.45) is 4.99 Å². The van der Waals surface area contributed by atoms with Gasteiger partial charge in [-0.25, -0.2) is 0 Å². The summed E-state index contributed by atoms with van der Waals surface area (Å²) in [7, 11) is 0. The van der Waals surface area contributed by atoms with E-state index >= 15 is 0 Å². The van der Waals surface area contributed by atoms with Gasteiger partial charge in [0.1, 0.15) is 0 Å². The van der Waals surface area contributed by atoms with Gasteiger partial charge in [-0.3, -0.25) is 9.98 Å². The molecule has 0 bridgehead atoms. The molecule has 22 heavy (non-hydrogen) atoms. The molecule has 0 aliphatic rings. The number of hydrogen-bond donors (Lipinski definition) is 0. The van der Waals surface area contributed by atoms with E-state index in [0.717, 1.165) is 22.4 Å². The van der Waals surface area contributed by atoms with Gasteiger partial charge in [0.15, 0.2) is 0 Å². The van der Waals surface area contributed by atoms with E-state index in [-0.39, 0.29) is 0 Å². The van der Waals surface area contributed by atoms with Gasteiger partial charge in [-0.2, -0.15) is 0 Å². The number of rotatable bonds is 6. The predicted molar refractivity (Wildman–Crippen MR) is 95.8 cm³/mol. The maximum absolute atomic E-state index is 4.41. The summed E-state index contributed by atoms with van der Waals surface area (Å²) >= 11 is 0. The smallest absolute Gasteiger partial charge is 0.0817 e. The number of hydrogen-bond acceptors (Lipinski definition) is 2. The second-order valence-electron chi connectivity index (χ2n) is 4.98. The van der Waals surface area contributed by atoms with Crippen molar-refractivity contribution in [1.29, 1.82) is 0 Å². The van der Waals surface area contributed by atoms with Crippen LogP contribution in [0.25, 0.3) is 12.2 Å². The van der Waals surface area contributed by atoms with E-state index in [4.69, 9.17) is 0 Å². The Morgan fingerprint density at radius 1 is 1.14 bits per heavy atom. The lowest BCUT2D eigenvalue weighted by Crippen LogP contribution is -1.91. The average Bonchev–Trinajstić information content (AvgIpc) is 2.54. The number of aliphatic imine (C=N–C) groups is 1. The van der Waals surface area contributed by atoms with E-state index in [1.807, 2.05) is 67.8 Å². The molecule has 2 heteroatoms. The largest absolute Gasteiger partial charge is 0.287 e. The third-order valence-corrected chi connectivity index (χ3v) is 2.99. The molecular weight excluding hydrogens is 268 g/mol. The van der Waals surface area contributed by atoms with Crippen molar-refractivity contribution in [1.82, 2.24) is 4.98 Å². The van der Waals surface area contributed by atoms with Gasteiger partial charge in [-0.15, -0.1) is 0 Å². The summed E-state index contributed by atoms with van der Waals surface area (Å²) in [5.74, 6) is 0. The van der Waals surface area contributed by atoms with Gasteiger partial charge >= 0.3 is 0 Å². The highest BCUT2D eigenvalue weighted by molar-refractivity contribution is 5.78. The van der Waals surface area contributed by atoms with Gasteiger partial charge in [0.05, 0.1) is 12.2 Å². The first kappa shape index (κ1) is 15.6. The molecule has 1 heterocycles. The second-order valence-corrected chi connectivity index (χ2v) is 4.98. The van der Waals surface area contributed by atoms with E-state index in [1.165, 1.54) is 0 Å². The summed E-state index contributed by atoms with van der Waals surface area (Å²) in [6, 6.07) is 14.1. The highest BCUT2D eigenvalue weighted by atomic mass is 14.8. The minimum Gasteiger partial charge on any atom is -0.287 e. The summed E-state index contributed by atoms with van der Waals surface area (Å²) in [6.07, 6.45) is 11.6. The normalized spacial score (nSPS) is 11.7. The minimum absolute atomic E-state index is 0.565. The summed E-state index contributed by atoms with van der Waals surface area (Å²) < 4.78 is 0. The third-order valence-electron chi connectivity index (χ3n) is 2.99. The zero-order valence-corrected chi connectivity index (χ0v) is 12.8. The van der Waals surface area contributed by atoms with Crippen molar-refractivity contribution in [2.45, 2.75) is 13.5 Å². The van der Waals surface area contributed by atoms with Crippen LogP contribution in [0, 0.1) is 0 Å². The molecule has 0 saturated carbocycles. The Kier molecular flexibility index (Phi) is 6.06. The highest BCUT2D eigenvalue weighted by Gasteiger charge is 1.97. The average molecular weight is 288 g/mol. The third kappa shape index (κ3) is 5.33. The van der Waals surface area contributed by atoms with Crippen LogP contribution < -0.4 is 0 Å². The zero-order chi connectivity index (χ0) is 15.6. The monoisotopic (exact) mass is 288 g/mol. The number of aromatic nitrogens is 1. The maximum atomic E-state index is 4.41. The molecule has 0 atom stereocenters. The fourth-order valence-corrected chi connectivity index (χ4v) is 1.88. The number of pyridine rings is 1. The summed E-state index contributed by atoms with van der Waals surface area (Å²) in [4.78, 5) is 8.81. The van der Waals surface area contributed by atoms with Crippen LogP contribution in [0.5, 0.6) is 0 Å². The van der Waals surface area contributed by atoms with Crippen molar-refractivity contribution in [2.75, 3.05) is 0 Å². The Morgan fingerprint density at radius 3 is 2.73 bits per heavy atom. The van der Waals surface area contributed by atoms with Gasteiger partial charge in [0.25, 0.3) is 0 Å². The van der Waals surface area contributed by atoms with E-state index in [0.29, 0.717) is 6.54 Å². The topological polar surface area (TPSA) is 25.2 Å². The molecule has 2 nitrogen and oxygen atoms in total. The SMILES string of the molecule is C=C(C)/C=C\c1cccnc1CN=C/C=C/c1ccccc1. The maximum Gasteiger partial charge on any atom is 0.0817 e. The van der Waals surface area contributed by atoms with Crippen molar-refractivity contribution in [3.05, 3.63) is 89.8 Å². The van der Waals surface area contributed by atoms with Crippen molar-refractivity contribution < 1.29 is 0 Å². The molecule has 2 aromatic rings. The lowest BCUT2D eigenvalue weighted by molar-refractivity contribution is 0.990. The van der Waals surface area contributed by atoms with Crippen LogP contribution >= 0.6 is 0 Å². The molecule has 0 spiro atoms. The molecule has 2 rings (SSSR count). The minimum atomic E-state index is 0.565. The van der Waals surface area contributed by atoms with Crippen LogP contribution in [0.4, 0.5) is 0 Å². The molecule has 1 aromatic carbocycles. The van der Waals surface area contributed by atoms with Crippen molar-refractivity contribution in [3.63, 3.8) is 0 Å². The second kappa shape index (κ2) is 8.53. The van der Waals surface area contributed by atoms with E-state index in [2.05, 4.69) is 28.7 Å². The molecule has 0 radical (unpaired) electrons. The molecule has 0 saturated heterocycles. The van der Waals surface area contributed by atoms with E-state index in [1.54, 1.807) is 6.20 Å². The Morgan fingerprint density at radius 2 is 1.95 bits per heavy atom. The molecule has 0 aliphatic carbocycles. The fourth-order valence-electron chi connectivity index (χ4n) is 1.88. The van der Waals surface area contributed by atoms with Crippen LogP contribution in [0.2, 0.25) is 0 Å². The highest BCUT2D eigenvalue weighted by Crippen LogP contribution is 2.10.